The first-order valence-electron chi connectivity index (χ1n) is 9.96. The molecule has 4 aromatic rings. The zero-order chi connectivity index (χ0) is 21.5. The minimum atomic E-state index is -1.80. The van der Waals surface area contributed by atoms with Gasteiger partial charge < -0.3 is 8.83 Å². The molecule has 0 amide bonds. The summed E-state index contributed by atoms with van der Waals surface area (Å²) in [5.74, 6) is -0.271. The van der Waals surface area contributed by atoms with Crippen molar-refractivity contribution < 1.29 is 8.82 Å². The highest BCUT2D eigenvalue weighted by atomic mass is 32.1. The van der Waals surface area contributed by atoms with Gasteiger partial charge in [-0.1, -0.05) is 32.9 Å². The smallest absolute Gasteiger partial charge is 0.192 e. The standard InChI is InChI=1S/C23H26FN3OSSi/c1-23(2,3)30(4,5)28-14-22-26-20(15-29-22)16-10-11-21-25-19(13-27(21)12-16)17-8-6-7-9-18(17)24/h6-13,15H,14H2,1-5H3. The van der Waals surface area contributed by atoms with Crippen LogP contribution in [0.4, 0.5) is 4.39 Å². The highest BCUT2D eigenvalue weighted by Gasteiger charge is 2.37. The molecule has 7 heteroatoms. The molecule has 0 aliphatic rings. The van der Waals surface area contributed by atoms with E-state index in [1.54, 1.807) is 23.5 Å². The largest absolute Gasteiger partial charge is 0.410 e. The lowest BCUT2D eigenvalue weighted by Crippen LogP contribution is -2.40. The van der Waals surface area contributed by atoms with Gasteiger partial charge in [-0.05, 0) is 42.4 Å². The van der Waals surface area contributed by atoms with E-state index in [0.717, 1.165) is 21.9 Å². The molecule has 0 aliphatic heterocycles. The van der Waals surface area contributed by atoms with Crippen molar-refractivity contribution >= 4 is 25.3 Å². The summed E-state index contributed by atoms with van der Waals surface area (Å²) in [5.41, 5.74) is 3.80. The van der Waals surface area contributed by atoms with Crippen LogP contribution in [0.3, 0.4) is 0 Å². The van der Waals surface area contributed by atoms with E-state index in [-0.39, 0.29) is 10.9 Å². The number of halogens is 1. The molecule has 0 atom stereocenters. The van der Waals surface area contributed by atoms with Crippen LogP contribution in [0.15, 0.2) is 54.2 Å². The summed E-state index contributed by atoms with van der Waals surface area (Å²) < 4.78 is 22.3. The van der Waals surface area contributed by atoms with E-state index in [1.165, 1.54) is 6.07 Å². The fourth-order valence-electron chi connectivity index (χ4n) is 2.91. The van der Waals surface area contributed by atoms with Gasteiger partial charge in [0.15, 0.2) is 8.32 Å². The fraction of sp³-hybridized carbons (Fsp3) is 0.304. The van der Waals surface area contributed by atoms with Crippen molar-refractivity contribution in [3.8, 4) is 22.5 Å². The summed E-state index contributed by atoms with van der Waals surface area (Å²) in [4.78, 5) is 9.33. The number of imidazole rings is 1. The van der Waals surface area contributed by atoms with Crippen LogP contribution in [0.1, 0.15) is 25.8 Å². The van der Waals surface area contributed by atoms with E-state index in [0.29, 0.717) is 17.9 Å². The third-order valence-electron chi connectivity index (χ3n) is 5.81. The zero-order valence-electron chi connectivity index (χ0n) is 17.9. The van der Waals surface area contributed by atoms with Gasteiger partial charge in [-0.15, -0.1) is 11.3 Å². The molecule has 0 bridgehead atoms. The van der Waals surface area contributed by atoms with E-state index >= 15 is 0 Å². The van der Waals surface area contributed by atoms with Gasteiger partial charge in [-0.2, -0.15) is 0 Å². The maximum atomic E-state index is 14.1. The van der Waals surface area contributed by atoms with Gasteiger partial charge in [-0.3, -0.25) is 0 Å². The second-order valence-corrected chi connectivity index (χ2v) is 14.7. The molecule has 0 aliphatic carbocycles. The fourth-order valence-corrected chi connectivity index (χ4v) is 4.66. The van der Waals surface area contributed by atoms with Gasteiger partial charge >= 0.3 is 0 Å². The molecule has 0 radical (unpaired) electrons. The Hall–Kier alpha value is -2.35. The van der Waals surface area contributed by atoms with Crippen molar-refractivity contribution in [3.63, 3.8) is 0 Å². The Balaban J connectivity index is 1.56. The van der Waals surface area contributed by atoms with Crippen LogP contribution >= 0.6 is 11.3 Å². The van der Waals surface area contributed by atoms with Crippen molar-refractivity contribution in [1.29, 1.82) is 0 Å². The molecular formula is C23H26FN3OSSi. The lowest BCUT2D eigenvalue weighted by molar-refractivity contribution is 0.276. The van der Waals surface area contributed by atoms with Gasteiger partial charge in [0.25, 0.3) is 0 Å². The van der Waals surface area contributed by atoms with E-state index in [9.17, 15) is 4.39 Å². The number of thiazole rings is 1. The molecule has 0 spiro atoms. The van der Waals surface area contributed by atoms with Gasteiger partial charge in [0.1, 0.15) is 16.5 Å². The third-order valence-corrected chi connectivity index (χ3v) is 11.1. The summed E-state index contributed by atoms with van der Waals surface area (Å²) in [6.07, 6.45) is 3.84. The Labute approximate surface area is 181 Å². The van der Waals surface area contributed by atoms with Crippen molar-refractivity contribution in [2.24, 2.45) is 0 Å². The number of fused-ring (bicyclic) bond motifs is 1. The van der Waals surface area contributed by atoms with E-state index in [2.05, 4.69) is 44.2 Å². The first-order chi connectivity index (χ1) is 14.1. The first-order valence-corrected chi connectivity index (χ1v) is 13.8. The van der Waals surface area contributed by atoms with Gasteiger partial charge in [0, 0.05) is 28.9 Å². The van der Waals surface area contributed by atoms with Gasteiger partial charge in [0.05, 0.1) is 18.0 Å². The van der Waals surface area contributed by atoms with E-state index < -0.39 is 8.32 Å². The van der Waals surface area contributed by atoms with E-state index in [1.807, 2.05) is 35.0 Å². The predicted molar refractivity (Wildman–Crippen MR) is 124 cm³/mol. The van der Waals surface area contributed by atoms with Gasteiger partial charge in [-0.25, -0.2) is 14.4 Å². The number of rotatable bonds is 5. The molecule has 0 saturated heterocycles. The van der Waals surface area contributed by atoms with Crippen molar-refractivity contribution in [3.05, 3.63) is 65.0 Å². The van der Waals surface area contributed by atoms with E-state index in [4.69, 9.17) is 9.41 Å². The lowest BCUT2D eigenvalue weighted by atomic mass is 10.1. The monoisotopic (exact) mass is 439 g/mol. The molecule has 1 aromatic carbocycles. The maximum absolute atomic E-state index is 14.1. The summed E-state index contributed by atoms with van der Waals surface area (Å²) in [6, 6.07) is 10.6. The van der Waals surface area contributed by atoms with Crippen molar-refractivity contribution in [2.75, 3.05) is 0 Å². The molecule has 30 heavy (non-hydrogen) atoms. The Morgan fingerprint density at radius 1 is 1.03 bits per heavy atom. The molecule has 156 valence electrons. The molecule has 4 rings (SSSR count). The third kappa shape index (κ3) is 4.10. The Morgan fingerprint density at radius 2 is 1.80 bits per heavy atom. The van der Waals surface area contributed by atoms with Crippen molar-refractivity contribution in [1.82, 2.24) is 14.4 Å². The molecule has 0 N–H and O–H groups in total. The molecule has 4 nitrogen and oxygen atoms in total. The topological polar surface area (TPSA) is 39.4 Å². The molecule has 0 fully saturated rings. The number of hydrogen-bond acceptors (Lipinski definition) is 4. The molecular weight excluding hydrogens is 413 g/mol. The van der Waals surface area contributed by atoms with Crippen LogP contribution in [-0.2, 0) is 11.0 Å². The maximum Gasteiger partial charge on any atom is 0.192 e. The minimum Gasteiger partial charge on any atom is -0.410 e. The van der Waals surface area contributed by atoms with Crippen LogP contribution < -0.4 is 0 Å². The average molecular weight is 440 g/mol. The SMILES string of the molecule is CC(C)(C)[Si](C)(C)OCc1nc(-c2ccc3nc(-c4ccccc4F)cn3c2)cs1. The molecule has 3 heterocycles. The molecule has 3 aromatic heterocycles. The highest BCUT2D eigenvalue weighted by molar-refractivity contribution is 7.09. The second kappa shape index (κ2) is 7.72. The Morgan fingerprint density at radius 3 is 2.53 bits per heavy atom. The normalized spacial score (nSPS) is 12.6. The number of pyridine rings is 1. The summed E-state index contributed by atoms with van der Waals surface area (Å²) in [7, 11) is -1.80. The van der Waals surface area contributed by atoms with Crippen LogP contribution in [-0.4, -0.2) is 22.7 Å². The second-order valence-electron chi connectivity index (χ2n) is 8.96. The van der Waals surface area contributed by atoms with Crippen LogP contribution in [0.2, 0.25) is 18.1 Å². The highest BCUT2D eigenvalue weighted by Crippen LogP contribution is 2.37. The van der Waals surface area contributed by atoms with Crippen molar-refractivity contribution in [2.45, 2.75) is 45.5 Å². The van der Waals surface area contributed by atoms with Crippen LogP contribution in [0.25, 0.3) is 28.2 Å². The minimum absolute atomic E-state index is 0.176. The average Bonchev–Trinajstić information content (AvgIpc) is 3.32. The number of benzene rings is 1. The summed E-state index contributed by atoms with van der Waals surface area (Å²) >= 11 is 1.62. The molecule has 0 unspecified atom stereocenters. The zero-order valence-corrected chi connectivity index (χ0v) is 19.8. The quantitative estimate of drug-likeness (QED) is 0.322. The summed E-state index contributed by atoms with van der Waals surface area (Å²) in [5, 5.41) is 3.21. The number of aromatic nitrogens is 3. The summed E-state index contributed by atoms with van der Waals surface area (Å²) in [6.45, 7) is 11.8. The Kier molecular flexibility index (Phi) is 5.38. The first kappa shape index (κ1) is 20.9. The molecule has 0 saturated carbocycles. The number of hydrogen-bond donors (Lipinski definition) is 0. The van der Waals surface area contributed by atoms with Gasteiger partial charge in [0.2, 0.25) is 0 Å². The van der Waals surface area contributed by atoms with Crippen LogP contribution in [0.5, 0.6) is 0 Å². The lowest BCUT2D eigenvalue weighted by Gasteiger charge is -2.35. The predicted octanol–water partition coefficient (Wildman–Crippen LogP) is 6.79. The Bertz CT molecular complexity index is 1190. The number of nitrogens with zero attached hydrogens (tertiary/aromatic N) is 3. The van der Waals surface area contributed by atoms with Crippen LogP contribution in [0, 0.1) is 5.82 Å².